The van der Waals surface area contributed by atoms with Crippen molar-refractivity contribution in [3.05, 3.63) is 94.1 Å². The molecule has 158 valence electrons. The van der Waals surface area contributed by atoms with Crippen LogP contribution in [0, 0.1) is 5.92 Å². The Morgan fingerprint density at radius 2 is 0.967 bits per heavy atom. The summed E-state index contributed by atoms with van der Waals surface area (Å²) in [6.45, 7) is 11.2. The van der Waals surface area contributed by atoms with Crippen LogP contribution in [0.1, 0.15) is 61.8 Å². The second-order valence-corrected chi connectivity index (χ2v) is 7.09. The van der Waals surface area contributed by atoms with Gasteiger partial charge in [0.1, 0.15) is 0 Å². The maximum absolute atomic E-state index is 11.8. The minimum absolute atomic E-state index is 0. The molecule has 0 heterocycles. The molecule has 0 radical (unpaired) electrons. The molecule has 0 spiro atoms. The zero-order valence-electron chi connectivity index (χ0n) is 18.1. The molecule has 2 aromatic carbocycles. The van der Waals surface area contributed by atoms with Gasteiger partial charge >= 0.3 is 21.7 Å². The summed E-state index contributed by atoms with van der Waals surface area (Å²) in [7, 11) is 0. The van der Waals surface area contributed by atoms with Crippen LogP contribution in [0.25, 0.3) is 0 Å². The number of rotatable bonds is 4. The van der Waals surface area contributed by atoms with E-state index in [2.05, 4.69) is 34.6 Å². The number of carbonyl (C=O) groups is 2. The Kier molecular flexibility index (Phi) is 14.9. The van der Waals surface area contributed by atoms with Crippen LogP contribution >= 0.6 is 0 Å². The van der Waals surface area contributed by atoms with Gasteiger partial charge in [-0.2, -0.15) is 0 Å². The van der Waals surface area contributed by atoms with E-state index in [4.69, 9.17) is 0 Å². The van der Waals surface area contributed by atoms with E-state index in [0.717, 1.165) is 0 Å². The summed E-state index contributed by atoms with van der Waals surface area (Å²) in [6, 6.07) is 17.7. The van der Waals surface area contributed by atoms with Gasteiger partial charge in [-0.3, -0.25) is 9.59 Å². The summed E-state index contributed by atoms with van der Waals surface area (Å²) in [5.74, 6) is 0.416. The van der Waals surface area contributed by atoms with Gasteiger partial charge in [-0.05, 0) is 44.8 Å². The van der Waals surface area contributed by atoms with Crippen LogP contribution in [0.4, 0.5) is 0 Å². The van der Waals surface area contributed by atoms with Crippen molar-refractivity contribution in [2.75, 3.05) is 0 Å². The first kappa shape index (κ1) is 30.7. The average Bonchev–Trinajstić information content (AvgIpc) is 2.87. The molecule has 0 unspecified atom stereocenters. The third kappa shape index (κ3) is 8.00. The molecule has 1 aliphatic carbocycles. The van der Waals surface area contributed by atoms with Gasteiger partial charge in [0.05, 0.1) is 6.42 Å². The Bertz CT molecular complexity index is 814. The number of allylic oxidation sites excluding steroid dienone is 4. The van der Waals surface area contributed by atoms with E-state index in [1.807, 2.05) is 12.1 Å². The first-order valence-corrected chi connectivity index (χ1v) is 9.34. The standard InChI is InChI=1S/C15H12O2.C10H16.2ClH.Ti/c16-14(12-7-3-1-4-8-12)11-15(17)13-9-5-2-6-10-13;1-6-7(2)9(4)10(5)8(6)3;;;/h1-10H,11H2;6H,1-5H3;2*1H;/q;;;;+2/p-2. The van der Waals surface area contributed by atoms with Gasteiger partial charge in [-0.15, -0.1) is 0 Å². The maximum Gasteiger partial charge on any atom is 2.00 e. The second-order valence-electron chi connectivity index (χ2n) is 7.09. The Hall–Kier alpha value is -1.45. The fourth-order valence-electron chi connectivity index (χ4n) is 3.16. The third-order valence-electron chi connectivity index (χ3n) is 5.56. The number of ketones is 2. The second kappa shape index (κ2) is 14.5. The molecule has 0 bridgehead atoms. The first-order chi connectivity index (χ1) is 12.8. The molecule has 1 aliphatic rings. The van der Waals surface area contributed by atoms with Crippen LogP contribution in [0.5, 0.6) is 0 Å². The molecular formula is C25H28Cl2O2Ti. The van der Waals surface area contributed by atoms with Crippen molar-refractivity contribution < 1.29 is 56.1 Å². The van der Waals surface area contributed by atoms with Crippen molar-refractivity contribution in [2.45, 2.75) is 41.0 Å². The molecule has 0 aromatic heterocycles. The van der Waals surface area contributed by atoms with Crippen molar-refractivity contribution in [1.82, 2.24) is 0 Å². The van der Waals surface area contributed by atoms with Gasteiger partial charge < -0.3 is 24.8 Å². The first-order valence-electron chi connectivity index (χ1n) is 9.34. The number of benzene rings is 2. The van der Waals surface area contributed by atoms with Gasteiger partial charge in [0, 0.05) is 11.1 Å². The van der Waals surface area contributed by atoms with Crippen molar-refractivity contribution >= 4 is 11.6 Å². The maximum atomic E-state index is 11.8. The van der Waals surface area contributed by atoms with E-state index < -0.39 is 0 Å². The Morgan fingerprint density at radius 3 is 1.20 bits per heavy atom. The topological polar surface area (TPSA) is 34.1 Å². The van der Waals surface area contributed by atoms with Crippen molar-refractivity contribution in [2.24, 2.45) is 5.92 Å². The summed E-state index contributed by atoms with van der Waals surface area (Å²) in [5, 5.41) is 0. The molecule has 0 aliphatic heterocycles. The summed E-state index contributed by atoms with van der Waals surface area (Å²) in [6.07, 6.45) is -0.0754. The minimum atomic E-state index is -0.139. The Balaban J connectivity index is 0. The van der Waals surface area contributed by atoms with E-state index >= 15 is 0 Å². The zero-order chi connectivity index (χ0) is 20.0. The molecule has 5 heteroatoms. The third-order valence-corrected chi connectivity index (χ3v) is 5.56. The number of Topliss-reactive ketones (excluding diaryl/α,β-unsaturated/α-hetero) is 2. The molecule has 0 saturated carbocycles. The van der Waals surface area contributed by atoms with E-state index in [1.165, 1.54) is 11.1 Å². The molecule has 0 fully saturated rings. The van der Waals surface area contributed by atoms with Crippen LogP contribution in [-0.2, 0) is 21.7 Å². The molecule has 2 nitrogen and oxygen atoms in total. The van der Waals surface area contributed by atoms with E-state index in [1.54, 1.807) is 59.7 Å². The van der Waals surface area contributed by atoms with Crippen LogP contribution in [0.15, 0.2) is 83.0 Å². The van der Waals surface area contributed by atoms with Gasteiger partial charge in [0.2, 0.25) is 0 Å². The SMILES string of the molecule is CC1=C(C)C(C)C(C)=C1C.O=C(CC(=O)c1ccccc1)c1ccccc1.[Cl-].[Cl-].[Ti+2]. The van der Waals surface area contributed by atoms with Gasteiger partial charge in [0.25, 0.3) is 0 Å². The number of hydrogen-bond donors (Lipinski definition) is 0. The summed E-state index contributed by atoms with van der Waals surface area (Å²) in [4.78, 5) is 23.6. The monoisotopic (exact) mass is 478 g/mol. The summed E-state index contributed by atoms with van der Waals surface area (Å²) in [5.41, 5.74) is 7.27. The van der Waals surface area contributed by atoms with Crippen LogP contribution < -0.4 is 24.8 Å². The molecule has 2 aromatic rings. The van der Waals surface area contributed by atoms with Gasteiger partial charge in [-0.1, -0.05) is 78.7 Å². The van der Waals surface area contributed by atoms with E-state index in [9.17, 15) is 9.59 Å². The van der Waals surface area contributed by atoms with Gasteiger partial charge in [0.15, 0.2) is 11.6 Å². The smallest absolute Gasteiger partial charge is 1.00 e. The van der Waals surface area contributed by atoms with Crippen LogP contribution in [-0.4, -0.2) is 11.6 Å². The molecule has 0 atom stereocenters. The predicted molar refractivity (Wildman–Crippen MR) is 112 cm³/mol. The minimum Gasteiger partial charge on any atom is -1.00 e. The van der Waals surface area contributed by atoms with Crippen molar-refractivity contribution in [3.8, 4) is 0 Å². The fraction of sp³-hybridized carbons (Fsp3) is 0.280. The number of halogens is 2. The van der Waals surface area contributed by atoms with Crippen LogP contribution in [0.3, 0.4) is 0 Å². The molecule has 30 heavy (non-hydrogen) atoms. The molecule has 0 amide bonds. The number of hydrogen-bond acceptors (Lipinski definition) is 2. The fourth-order valence-corrected chi connectivity index (χ4v) is 3.16. The molecule has 3 rings (SSSR count). The quantitative estimate of drug-likeness (QED) is 0.363. The Labute approximate surface area is 207 Å². The largest absolute Gasteiger partial charge is 2.00 e. The summed E-state index contributed by atoms with van der Waals surface area (Å²) < 4.78 is 0. The average molecular weight is 479 g/mol. The van der Waals surface area contributed by atoms with Crippen molar-refractivity contribution in [3.63, 3.8) is 0 Å². The van der Waals surface area contributed by atoms with Gasteiger partial charge in [-0.25, -0.2) is 0 Å². The molecule has 0 saturated heterocycles. The number of carbonyl (C=O) groups excluding carboxylic acids is 2. The van der Waals surface area contributed by atoms with Crippen molar-refractivity contribution in [1.29, 1.82) is 0 Å². The molecule has 0 N–H and O–H groups in total. The Morgan fingerprint density at radius 1 is 0.667 bits per heavy atom. The van der Waals surface area contributed by atoms with E-state index in [-0.39, 0.29) is 64.5 Å². The van der Waals surface area contributed by atoms with E-state index in [0.29, 0.717) is 17.0 Å². The van der Waals surface area contributed by atoms with Crippen LogP contribution in [0.2, 0.25) is 0 Å². The summed E-state index contributed by atoms with van der Waals surface area (Å²) >= 11 is 0. The predicted octanol–water partition coefficient (Wildman–Crippen LogP) is 0.457. The molecular weight excluding hydrogens is 451 g/mol. The normalized spacial score (nSPS) is 12.7. The zero-order valence-corrected chi connectivity index (χ0v) is 21.2.